The van der Waals surface area contributed by atoms with Crippen LogP contribution >= 0.6 is 11.6 Å². The molecule has 0 spiro atoms. The molecule has 1 atom stereocenters. The molecule has 128 valence electrons. The van der Waals surface area contributed by atoms with E-state index < -0.39 is 0 Å². The fourth-order valence-electron chi connectivity index (χ4n) is 3.25. The molecule has 3 heterocycles. The van der Waals surface area contributed by atoms with Crippen LogP contribution < -0.4 is 0 Å². The highest BCUT2D eigenvalue weighted by molar-refractivity contribution is 6.30. The minimum Gasteiger partial charge on any atom is -0.461 e. The normalized spacial score (nSPS) is 16.9. The molecule has 5 nitrogen and oxygen atoms in total. The van der Waals surface area contributed by atoms with Crippen molar-refractivity contribution >= 4 is 23.3 Å². The summed E-state index contributed by atoms with van der Waals surface area (Å²) in [4.78, 5) is 6.99. The number of hydrogen-bond acceptors (Lipinski definition) is 4. The van der Waals surface area contributed by atoms with Crippen LogP contribution in [0.5, 0.6) is 0 Å². The topological polar surface area (TPSA) is 46.6 Å². The van der Waals surface area contributed by atoms with Crippen LogP contribution in [-0.2, 0) is 0 Å². The average Bonchev–Trinajstić information content (AvgIpc) is 3.24. The van der Waals surface area contributed by atoms with E-state index in [4.69, 9.17) is 21.0 Å². The molecule has 0 fully saturated rings. The van der Waals surface area contributed by atoms with Gasteiger partial charge in [-0.3, -0.25) is 0 Å². The Balaban J connectivity index is 1.91. The summed E-state index contributed by atoms with van der Waals surface area (Å²) in [6, 6.07) is 11.9. The van der Waals surface area contributed by atoms with Crippen LogP contribution in [-0.4, -0.2) is 27.6 Å². The first-order chi connectivity index (χ1) is 12.1. The number of furan rings is 1. The Bertz CT molecular complexity index is 910. The SMILES string of the molecule is CC(C)n1ncc2c1N=C(c1ccco1)N(C)[C@@H]2c1ccc(Cl)cc1. The quantitative estimate of drug-likeness (QED) is 0.677. The zero-order chi connectivity index (χ0) is 17.6. The van der Waals surface area contributed by atoms with Gasteiger partial charge in [-0.2, -0.15) is 5.10 Å². The second-order valence-corrected chi connectivity index (χ2v) is 6.88. The summed E-state index contributed by atoms with van der Waals surface area (Å²) >= 11 is 6.07. The highest BCUT2D eigenvalue weighted by Gasteiger charge is 2.33. The molecule has 6 heteroatoms. The fraction of sp³-hybridized carbons (Fsp3) is 0.263. The van der Waals surface area contributed by atoms with Crippen molar-refractivity contribution in [1.82, 2.24) is 14.7 Å². The predicted octanol–water partition coefficient (Wildman–Crippen LogP) is 4.82. The third-order valence-electron chi connectivity index (χ3n) is 4.44. The van der Waals surface area contributed by atoms with Gasteiger partial charge in [-0.15, -0.1) is 0 Å². The van der Waals surface area contributed by atoms with Crippen LogP contribution in [0.2, 0.25) is 5.02 Å². The highest BCUT2D eigenvalue weighted by Crippen LogP contribution is 2.40. The Labute approximate surface area is 151 Å². The second-order valence-electron chi connectivity index (χ2n) is 6.44. The zero-order valence-corrected chi connectivity index (χ0v) is 15.1. The van der Waals surface area contributed by atoms with Crippen molar-refractivity contribution < 1.29 is 4.42 Å². The van der Waals surface area contributed by atoms with Crippen LogP contribution in [0.15, 0.2) is 58.3 Å². The molecule has 4 rings (SSSR count). The summed E-state index contributed by atoms with van der Waals surface area (Å²) in [7, 11) is 2.02. The first-order valence-corrected chi connectivity index (χ1v) is 8.62. The smallest absolute Gasteiger partial charge is 0.174 e. The number of nitrogens with zero attached hydrogens (tertiary/aromatic N) is 4. The number of amidine groups is 1. The van der Waals surface area contributed by atoms with Crippen molar-refractivity contribution in [3.63, 3.8) is 0 Å². The lowest BCUT2D eigenvalue weighted by molar-refractivity contribution is 0.406. The van der Waals surface area contributed by atoms with Gasteiger partial charge in [-0.25, -0.2) is 9.67 Å². The van der Waals surface area contributed by atoms with Gasteiger partial charge in [0.2, 0.25) is 0 Å². The Morgan fingerprint density at radius 3 is 2.56 bits per heavy atom. The van der Waals surface area contributed by atoms with Crippen molar-refractivity contribution in [1.29, 1.82) is 0 Å². The van der Waals surface area contributed by atoms with E-state index in [1.54, 1.807) is 6.26 Å². The van der Waals surface area contributed by atoms with Crippen molar-refractivity contribution in [3.8, 4) is 0 Å². The molecule has 0 radical (unpaired) electrons. The third-order valence-corrected chi connectivity index (χ3v) is 4.69. The van der Waals surface area contributed by atoms with Gasteiger partial charge in [0.05, 0.1) is 18.5 Å². The fourth-order valence-corrected chi connectivity index (χ4v) is 3.37. The summed E-state index contributed by atoms with van der Waals surface area (Å²) in [5.41, 5.74) is 2.21. The zero-order valence-electron chi connectivity index (χ0n) is 14.3. The molecule has 0 bridgehead atoms. The van der Waals surface area contributed by atoms with Crippen LogP contribution in [0.4, 0.5) is 5.82 Å². The van der Waals surface area contributed by atoms with Gasteiger partial charge < -0.3 is 9.32 Å². The molecule has 0 saturated heterocycles. The Morgan fingerprint density at radius 2 is 1.92 bits per heavy atom. The molecular formula is C19H19ClN4O. The third kappa shape index (κ3) is 2.65. The molecule has 3 aromatic rings. The minimum atomic E-state index is -0.00244. The van der Waals surface area contributed by atoms with E-state index in [9.17, 15) is 0 Å². The van der Waals surface area contributed by atoms with E-state index in [2.05, 4.69) is 23.8 Å². The van der Waals surface area contributed by atoms with Crippen molar-refractivity contribution in [2.24, 2.45) is 4.99 Å². The molecule has 0 saturated carbocycles. The molecule has 1 aromatic carbocycles. The predicted molar refractivity (Wildman–Crippen MR) is 98.6 cm³/mol. The molecule has 1 aliphatic rings. The number of fused-ring (bicyclic) bond motifs is 1. The summed E-state index contributed by atoms with van der Waals surface area (Å²) in [5.74, 6) is 2.41. The van der Waals surface area contributed by atoms with E-state index in [1.807, 2.05) is 54.3 Å². The lowest BCUT2D eigenvalue weighted by Gasteiger charge is -2.33. The van der Waals surface area contributed by atoms with E-state index in [1.165, 1.54) is 0 Å². The Hall–Kier alpha value is -2.53. The summed E-state index contributed by atoms with van der Waals surface area (Å²) < 4.78 is 7.57. The molecule has 0 aliphatic carbocycles. The lowest BCUT2D eigenvalue weighted by atomic mass is 9.97. The number of aliphatic imine (C=N–C) groups is 1. The Kier molecular flexibility index (Phi) is 3.88. The van der Waals surface area contributed by atoms with Gasteiger partial charge >= 0.3 is 0 Å². The van der Waals surface area contributed by atoms with Crippen LogP contribution in [0.1, 0.15) is 42.8 Å². The maximum atomic E-state index is 6.07. The van der Waals surface area contributed by atoms with Crippen LogP contribution in [0.3, 0.4) is 0 Å². The molecule has 1 aliphatic heterocycles. The van der Waals surface area contributed by atoms with Crippen LogP contribution in [0, 0.1) is 0 Å². The lowest BCUT2D eigenvalue weighted by Crippen LogP contribution is -2.34. The maximum Gasteiger partial charge on any atom is 0.174 e. The standard InChI is InChI=1S/C19H19ClN4O/c1-12(2)24-18-15(11-21-24)17(13-6-8-14(20)9-7-13)23(3)19(22-18)16-5-4-10-25-16/h4-12,17H,1-3H3/t17-/m1/s1. The van der Waals surface area contributed by atoms with Gasteiger partial charge in [0.1, 0.15) is 0 Å². The largest absolute Gasteiger partial charge is 0.461 e. The molecule has 25 heavy (non-hydrogen) atoms. The van der Waals surface area contributed by atoms with Gasteiger partial charge in [-0.05, 0) is 43.7 Å². The van der Waals surface area contributed by atoms with E-state index >= 15 is 0 Å². The summed E-state index contributed by atoms with van der Waals surface area (Å²) in [5, 5.41) is 5.29. The molecule has 2 aromatic heterocycles. The summed E-state index contributed by atoms with van der Waals surface area (Å²) in [6.45, 7) is 4.20. The monoisotopic (exact) mass is 354 g/mol. The first kappa shape index (κ1) is 16.0. The van der Waals surface area contributed by atoms with E-state index in [-0.39, 0.29) is 12.1 Å². The van der Waals surface area contributed by atoms with Gasteiger partial charge in [0.15, 0.2) is 17.4 Å². The number of halogens is 1. The summed E-state index contributed by atoms with van der Waals surface area (Å²) in [6.07, 6.45) is 3.58. The van der Waals surface area contributed by atoms with Gasteiger partial charge in [0, 0.05) is 23.7 Å². The van der Waals surface area contributed by atoms with Gasteiger partial charge in [0.25, 0.3) is 0 Å². The first-order valence-electron chi connectivity index (χ1n) is 8.24. The van der Waals surface area contributed by atoms with Crippen molar-refractivity contribution in [2.45, 2.75) is 25.9 Å². The maximum absolute atomic E-state index is 6.07. The van der Waals surface area contributed by atoms with Gasteiger partial charge in [-0.1, -0.05) is 23.7 Å². The number of aromatic nitrogens is 2. The van der Waals surface area contributed by atoms with E-state index in [0.29, 0.717) is 0 Å². The number of hydrogen-bond donors (Lipinski definition) is 0. The average molecular weight is 355 g/mol. The minimum absolute atomic E-state index is 0.00244. The van der Waals surface area contributed by atoms with E-state index in [0.717, 1.165) is 33.6 Å². The Morgan fingerprint density at radius 1 is 1.16 bits per heavy atom. The van der Waals surface area contributed by atoms with Crippen molar-refractivity contribution in [3.05, 3.63) is 70.8 Å². The molecule has 0 amide bonds. The second kappa shape index (κ2) is 6.08. The molecule has 0 unspecified atom stereocenters. The highest BCUT2D eigenvalue weighted by atomic mass is 35.5. The number of rotatable bonds is 3. The molecule has 0 N–H and O–H groups in total. The van der Waals surface area contributed by atoms with Crippen molar-refractivity contribution in [2.75, 3.05) is 7.05 Å². The molecular weight excluding hydrogens is 336 g/mol. The van der Waals surface area contributed by atoms with Crippen LogP contribution in [0.25, 0.3) is 0 Å². The number of benzene rings is 1.